The smallest absolute Gasteiger partial charge is 0.126 e. The van der Waals surface area contributed by atoms with Crippen molar-refractivity contribution >= 4 is 23.3 Å². The van der Waals surface area contributed by atoms with Gasteiger partial charge in [0.15, 0.2) is 0 Å². The third-order valence-electron chi connectivity index (χ3n) is 3.91. The lowest BCUT2D eigenvalue weighted by Crippen LogP contribution is -2.37. The molecule has 1 saturated carbocycles. The second-order valence-electron chi connectivity index (χ2n) is 5.12. The molecule has 0 spiro atoms. The molecule has 20 heavy (non-hydrogen) atoms. The minimum absolute atomic E-state index is 0.103. The van der Waals surface area contributed by atoms with Gasteiger partial charge in [0.1, 0.15) is 5.84 Å². The Morgan fingerprint density at radius 2 is 2.15 bits per heavy atom. The third kappa shape index (κ3) is 3.10. The molecular weight excluding hydrogens is 270 g/mol. The van der Waals surface area contributed by atoms with Gasteiger partial charge < -0.3 is 15.7 Å². The fourth-order valence-corrected chi connectivity index (χ4v) is 3.66. The number of amidine groups is 1. The highest BCUT2D eigenvalue weighted by Crippen LogP contribution is 2.34. The molecule has 0 aliphatic heterocycles. The number of hydrogen-bond acceptors (Lipinski definition) is 4. The molecule has 110 valence electrons. The molecule has 0 atom stereocenters. The molecule has 0 unspecified atom stereocenters. The number of nitrogens with two attached hydrogens (primary N) is 1. The van der Waals surface area contributed by atoms with E-state index < -0.39 is 0 Å². The summed E-state index contributed by atoms with van der Waals surface area (Å²) in [4.78, 5) is 3.26. The van der Waals surface area contributed by atoms with Crippen LogP contribution in [0.25, 0.3) is 0 Å². The molecular formula is C15H23N3OS. The van der Waals surface area contributed by atoms with Crippen LogP contribution in [0, 0.1) is 5.41 Å². The largest absolute Gasteiger partial charge is 0.395 e. The molecule has 0 amide bonds. The van der Waals surface area contributed by atoms with Gasteiger partial charge in [-0.2, -0.15) is 0 Å². The Hall–Kier alpha value is -1.20. The number of nitrogens with one attached hydrogen (secondary N) is 1. The van der Waals surface area contributed by atoms with Gasteiger partial charge in [0.2, 0.25) is 0 Å². The Labute approximate surface area is 124 Å². The van der Waals surface area contributed by atoms with Crippen molar-refractivity contribution in [1.82, 2.24) is 0 Å². The van der Waals surface area contributed by atoms with Crippen molar-refractivity contribution in [3.8, 4) is 0 Å². The zero-order valence-electron chi connectivity index (χ0n) is 11.9. The van der Waals surface area contributed by atoms with Crippen LogP contribution in [-0.2, 0) is 0 Å². The van der Waals surface area contributed by atoms with Crippen LogP contribution in [0.1, 0.15) is 31.2 Å². The summed E-state index contributed by atoms with van der Waals surface area (Å²) in [6.45, 7) is 0.722. The van der Waals surface area contributed by atoms with E-state index in [1.807, 2.05) is 24.5 Å². The van der Waals surface area contributed by atoms with Crippen molar-refractivity contribution in [1.29, 1.82) is 5.41 Å². The Morgan fingerprint density at radius 3 is 2.70 bits per heavy atom. The first-order valence-corrected chi connectivity index (χ1v) is 8.30. The van der Waals surface area contributed by atoms with Crippen LogP contribution in [0.5, 0.6) is 0 Å². The van der Waals surface area contributed by atoms with E-state index in [1.165, 1.54) is 12.8 Å². The predicted octanol–water partition coefficient (Wildman–Crippen LogP) is 2.43. The first kappa shape index (κ1) is 15.2. The van der Waals surface area contributed by atoms with E-state index in [4.69, 9.17) is 11.1 Å². The molecule has 4 N–H and O–H groups in total. The molecule has 1 aromatic rings. The van der Waals surface area contributed by atoms with Crippen molar-refractivity contribution in [3.05, 3.63) is 23.8 Å². The second kappa shape index (κ2) is 6.99. The van der Waals surface area contributed by atoms with Crippen LogP contribution in [0.2, 0.25) is 0 Å². The molecule has 5 heteroatoms. The molecule has 0 bridgehead atoms. The molecule has 4 nitrogen and oxygen atoms in total. The van der Waals surface area contributed by atoms with Gasteiger partial charge in [-0.25, -0.2) is 0 Å². The monoisotopic (exact) mass is 293 g/mol. The van der Waals surface area contributed by atoms with Crippen LogP contribution in [-0.4, -0.2) is 36.4 Å². The SMILES string of the molecule is CSc1cccc(N(CCO)C2CCCC2)c1C(=N)N. The molecule has 0 heterocycles. The number of thioether (sulfide) groups is 1. The van der Waals surface area contributed by atoms with Crippen molar-refractivity contribution in [3.63, 3.8) is 0 Å². The quantitative estimate of drug-likeness (QED) is 0.428. The van der Waals surface area contributed by atoms with Gasteiger partial charge in [-0.05, 0) is 31.2 Å². The summed E-state index contributed by atoms with van der Waals surface area (Å²) >= 11 is 1.61. The van der Waals surface area contributed by atoms with Crippen LogP contribution in [0.15, 0.2) is 23.1 Å². The minimum Gasteiger partial charge on any atom is -0.395 e. The fourth-order valence-electron chi connectivity index (χ4n) is 3.02. The van der Waals surface area contributed by atoms with Crippen molar-refractivity contribution < 1.29 is 5.11 Å². The second-order valence-corrected chi connectivity index (χ2v) is 5.97. The molecule has 1 aliphatic rings. The minimum atomic E-state index is 0.103. The zero-order valence-corrected chi connectivity index (χ0v) is 12.7. The van der Waals surface area contributed by atoms with E-state index in [9.17, 15) is 5.11 Å². The Balaban J connectivity index is 2.43. The maximum Gasteiger partial charge on any atom is 0.126 e. The molecule has 1 aromatic carbocycles. The maximum atomic E-state index is 9.38. The number of hydrogen-bond donors (Lipinski definition) is 3. The highest BCUT2D eigenvalue weighted by Gasteiger charge is 2.25. The Kier molecular flexibility index (Phi) is 5.31. The lowest BCUT2D eigenvalue weighted by atomic mass is 10.1. The highest BCUT2D eigenvalue weighted by atomic mass is 32.2. The van der Waals surface area contributed by atoms with Crippen molar-refractivity contribution in [2.45, 2.75) is 36.6 Å². The lowest BCUT2D eigenvalue weighted by molar-refractivity contribution is 0.297. The van der Waals surface area contributed by atoms with Gasteiger partial charge in [0.05, 0.1) is 12.2 Å². The summed E-state index contributed by atoms with van der Waals surface area (Å²) in [6, 6.07) is 6.48. The maximum absolute atomic E-state index is 9.38. The predicted molar refractivity (Wildman–Crippen MR) is 85.9 cm³/mol. The third-order valence-corrected chi connectivity index (χ3v) is 4.69. The van der Waals surface area contributed by atoms with E-state index in [0.717, 1.165) is 29.0 Å². The molecule has 1 fully saturated rings. The summed E-state index contributed by atoms with van der Waals surface area (Å²) in [6.07, 6.45) is 6.79. The van der Waals surface area contributed by atoms with E-state index in [0.29, 0.717) is 12.6 Å². The summed E-state index contributed by atoms with van der Waals surface area (Å²) in [5.74, 6) is 0.103. The van der Waals surface area contributed by atoms with Gasteiger partial charge in [0, 0.05) is 23.2 Å². The Morgan fingerprint density at radius 1 is 1.45 bits per heavy atom. The normalized spacial score (nSPS) is 15.5. The van der Waals surface area contributed by atoms with Crippen LogP contribution in [0.4, 0.5) is 5.69 Å². The van der Waals surface area contributed by atoms with Gasteiger partial charge in [0.25, 0.3) is 0 Å². The molecule has 0 aromatic heterocycles. The number of nitrogen functional groups attached to an aromatic ring is 1. The summed E-state index contributed by atoms with van der Waals surface area (Å²) < 4.78 is 0. The summed E-state index contributed by atoms with van der Waals surface area (Å²) in [7, 11) is 0. The molecule has 1 aliphatic carbocycles. The standard InChI is InChI=1S/C15H23N3OS/c1-20-13-8-4-7-12(14(13)15(16)17)18(9-10-19)11-5-2-3-6-11/h4,7-8,11,19H,2-3,5-6,9-10H2,1H3,(H3,16,17). The topological polar surface area (TPSA) is 73.3 Å². The Bertz CT molecular complexity index is 472. The van der Waals surface area contributed by atoms with Gasteiger partial charge in [-0.3, -0.25) is 5.41 Å². The van der Waals surface area contributed by atoms with E-state index in [2.05, 4.69) is 4.90 Å². The number of anilines is 1. The van der Waals surface area contributed by atoms with Crippen LogP contribution >= 0.6 is 11.8 Å². The molecule has 0 radical (unpaired) electrons. The average Bonchev–Trinajstić information content (AvgIpc) is 2.97. The number of nitrogens with zero attached hydrogens (tertiary/aromatic N) is 1. The highest BCUT2D eigenvalue weighted by molar-refractivity contribution is 7.98. The van der Waals surface area contributed by atoms with E-state index in [1.54, 1.807) is 11.8 Å². The number of aliphatic hydroxyl groups is 1. The summed E-state index contributed by atoms with van der Waals surface area (Å²) in [5, 5.41) is 17.3. The van der Waals surface area contributed by atoms with E-state index in [-0.39, 0.29) is 12.4 Å². The van der Waals surface area contributed by atoms with Crippen LogP contribution in [0.3, 0.4) is 0 Å². The number of aliphatic hydroxyl groups excluding tert-OH is 1. The number of benzene rings is 1. The van der Waals surface area contributed by atoms with Gasteiger partial charge in [-0.1, -0.05) is 18.9 Å². The fraction of sp³-hybridized carbons (Fsp3) is 0.533. The van der Waals surface area contributed by atoms with Crippen molar-refractivity contribution in [2.75, 3.05) is 24.3 Å². The first-order chi connectivity index (χ1) is 9.69. The average molecular weight is 293 g/mol. The zero-order chi connectivity index (χ0) is 14.5. The first-order valence-electron chi connectivity index (χ1n) is 7.08. The van der Waals surface area contributed by atoms with E-state index >= 15 is 0 Å². The van der Waals surface area contributed by atoms with Crippen molar-refractivity contribution in [2.24, 2.45) is 5.73 Å². The van der Waals surface area contributed by atoms with Gasteiger partial charge >= 0.3 is 0 Å². The van der Waals surface area contributed by atoms with Gasteiger partial charge in [-0.15, -0.1) is 11.8 Å². The molecule has 0 saturated heterocycles. The van der Waals surface area contributed by atoms with Crippen LogP contribution < -0.4 is 10.6 Å². The summed E-state index contributed by atoms with van der Waals surface area (Å²) in [5.41, 5.74) is 7.60. The lowest BCUT2D eigenvalue weighted by Gasteiger charge is -2.32. The number of rotatable bonds is 6. The molecule has 2 rings (SSSR count).